The number of nitrogens with zero attached hydrogens (tertiary/aromatic N) is 2. The number of hydrogen-bond donors (Lipinski definition) is 1. The molecule has 2 fully saturated rings. The van der Waals surface area contributed by atoms with E-state index in [9.17, 15) is 10.1 Å². The fourth-order valence-corrected chi connectivity index (χ4v) is 4.38. The molecule has 1 aromatic rings. The van der Waals surface area contributed by atoms with Gasteiger partial charge in [0, 0.05) is 37.4 Å². The van der Waals surface area contributed by atoms with Gasteiger partial charge in [-0.25, -0.2) is 0 Å². The lowest BCUT2D eigenvalue weighted by Crippen LogP contribution is -2.59. The number of methoxy groups -OCH3 is 2. The van der Waals surface area contributed by atoms with E-state index in [0.717, 1.165) is 45.7 Å². The molecule has 28 heavy (non-hydrogen) atoms. The topological polar surface area (TPSA) is 86.1 Å². The Kier molecular flexibility index (Phi) is 7.09. The van der Waals surface area contributed by atoms with Crippen molar-refractivity contribution in [2.75, 3.05) is 47.1 Å². The number of likely N-dealkylation sites (tertiary alicyclic amines) is 1. The van der Waals surface area contributed by atoms with Crippen molar-refractivity contribution in [3.8, 4) is 11.5 Å². The Balaban J connectivity index is 1.73. The van der Waals surface area contributed by atoms with E-state index in [0.29, 0.717) is 23.6 Å². The van der Waals surface area contributed by atoms with E-state index >= 15 is 0 Å². The molecule has 0 radical (unpaired) electrons. The molecule has 0 aliphatic carbocycles. The summed E-state index contributed by atoms with van der Waals surface area (Å²) in [5.41, 5.74) is 0.719. The number of piperidine rings is 1. The molecule has 1 aromatic carbocycles. The predicted molar refractivity (Wildman–Crippen MR) is 106 cm³/mol. The molecule has 0 aromatic heterocycles. The molecule has 1 N–H and O–H groups in total. The standard InChI is InChI=1S/C20H31N3O5/c1-26-18-12-16(17(23(24)25)13-19(18)27-2)14-21-15-20(6-10-28-11-7-20)22-8-4-3-5-9-22/h12-13,21H,3-11,14-15H2,1-2H3. The molecular formula is C20H31N3O5. The van der Waals surface area contributed by atoms with Crippen LogP contribution in [-0.2, 0) is 11.3 Å². The molecule has 2 aliphatic rings. The van der Waals surface area contributed by atoms with E-state index in [-0.39, 0.29) is 16.1 Å². The highest BCUT2D eigenvalue weighted by Gasteiger charge is 2.38. The molecule has 2 saturated heterocycles. The zero-order valence-electron chi connectivity index (χ0n) is 16.9. The molecule has 3 rings (SSSR count). The summed E-state index contributed by atoms with van der Waals surface area (Å²) in [7, 11) is 3.02. The van der Waals surface area contributed by atoms with Gasteiger partial charge in [-0.05, 0) is 44.8 Å². The van der Waals surface area contributed by atoms with Crippen LogP contribution in [0, 0.1) is 10.1 Å². The van der Waals surface area contributed by atoms with Gasteiger partial charge in [-0.1, -0.05) is 6.42 Å². The van der Waals surface area contributed by atoms with E-state index in [1.807, 2.05) is 0 Å². The van der Waals surface area contributed by atoms with Crippen LogP contribution in [0.5, 0.6) is 11.5 Å². The summed E-state index contributed by atoms with van der Waals surface area (Å²) in [6.45, 7) is 4.99. The van der Waals surface area contributed by atoms with Gasteiger partial charge >= 0.3 is 0 Å². The Morgan fingerprint density at radius 1 is 1.14 bits per heavy atom. The molecule has 0 amide bonds. The smallest absolute Gasteiger partial charge is 0.277 e. The third kappa shape index (κ3) is 4.56. The minimum atomic E-state index is -0.367. The zero-order valence-corrected chi connectivity index (χ0v) is 16.9. The van der Waals surface area contributed by atoms with E-state index in [2.05, 4.69) is 10.2 Å². The van der Waals surface area contributed by atoms with Crippen molar-refractivity contribution in [3.05, 3.63) is 27.8 Å². The average molecular weight is 393 g/mol. The van der Waals surface area contributed by atoms with Crippen LogP contribution in [0.1, 0.15) is 37.7 Å². The van der Waals surface area contributed by atoms with Gasteiger partial charge in [-0.2, -0.15) is 0 Å². The fourth-order valence-electron chi connectivity index (χ4n) is 4.38. The zero-order chi connectivity index (χ0) is 20.0. The second kappa shape index (κ2) is 9.54. The summed E-state index contributed by atoms with van der Waals surface area (Å²) >= 11 is 0. The quantitative estimate of drug-likeness (QED) is 0.537. The highest BCUT2D eigenvalue weighted by molar-refractivity contribution is 5.54. The molecular weight excluding hydrogens is 362 g/mol. The second-order valence-electron chi connectivity index (χ2n) is 7.58. The summed E-state index contributed by atoms with van der Waals surface area (Å²) in [6.07, 6.45) is 5.77. The maximum Gasteiger partial charge on any atom is 0.277 e. The molecule has 8 nitrogen and oxygen atoms in total. The maximum atomic E-state index is 11.5. The first kappa shape index (κ1) is 20.8. The SMILES string of the molecule is COc1cc(CNCC2(N3CCCCC3)CCOCC2)c([N+](=O)[O-])cc1OC. The maximum absolute atomic E-state index is 11.5. The van der Waals surface area contributed by atoms with Crippen LogP contribution in [0.3, 0.4) is 0 Å². The number of rotatable bonds is 8. The fraction of sp³-hybridized carbons (Fsp3) is 0.700. The Hall–Kier alpha value is -1.90. The number of hydrogen-bond acceptors (Lipinski definition) is 7. The largest absolute Gasteiger partial charge is 0.493 e. The normalized spacial score (nSPS) is 19.9. The van der Waals surface area contributed by atoms with Crippen LogP contribution < -0.4 is 14.8 Å². The van der Waals surface area contributed by atoms with Crippen molar-refractivity contribution in [3.63, 3.8) is 0 Å². The van der Waals surface area contributed by atoms with Gasteiger partial charge in [0.05, 0.1) is 25.2 Å². The number of ether oxygens (including phenoxy) is 3. The number of benzene rings is 1. The van der Waals surface area contributed by atoms with Crippen LogP contribution >= 0.6 is 0 Å². The van der Waals surface area contributed by atoms with Crippen LogP contribution in [0.25, 0.3) is 0 Å². The van der Waals surface area contributed by atoms with Crippen molar-refractivity contribution >= 4 is 5.69 Å². The van der Waals surface area contributed by atoms with Crippen LogP contribution in [0.4, 0.5) is 5.69 Å². The van der Waals surface area contributed by atoms with Crippen LogP contribution in [0.15, 0.2) is 12.1 Å². The van der Waals surface area contributed by atoms with Crippen LogP contribution in [0.2, 0.25) is 0 Å². The molecule has 0 saturated carbocycles. The minimum Gasteiger partial charge on any atom is -0.493 e. The summed E-state index contributed by atoms with van der Waals surface area (Å²) in [5.74, 6) is 0.869. The first-order valence-electron chi connectivity index (χ1n) is 10.0. The Morgan fingerprint density at radius 2 is 1.79 bits per heavy atom. The molecule has 0 atom stereocenters. The highest BCUT2D eigenvalue weighted by atomic mass is 16.6. The van der Waals surface area contributed by atoms with Gasteiger partial charge in [-0.3, -0.25) is 15.0 Å². The van der Waals surface area contributed by atoms with Gasteiger partial charge in [0.2, 0.25) is 0 Å². The van der Waals surface area contributed by atoms with Gasteiger partial charge in [0.1, 0.15) is 0 Å². The Labute approximate surface area is 166 Å². The molecule has 0 spiro atoms. The highest BCUT2D eigenvalue weighted by Crippen LogP contribution is 2.35. The molecule has 2 heterocycles. The third-order valence-electron chi connectivity index (χ3n) is 6.00. The second-order valence-corrected chi connectivity index (χ2v) is 7.58. The Bertz CT molecular complexity index is 670. The van der Waals surface area contributed by atoms with Crippen molar-refractivity contribution in [2.45, 2.75) is 44.2 Å². The number of nitro benzene ring substituents is 1. The Morgan fingerprint density at radius 3 is 2.39 bits per heavy atom. The van der Waals surface area contributed by atoms with Gasteiger partial charge in [-0.15, -0.1) is 0 Å². The van der Waals surface area contributed by atoms with Gasteiger partial charge < -0.3 is 19.5 Å². The van der Waals surface area contributed by atoms with E-state index in [4.69, 9.17) is 14.2 Å². The van der Waals surface area contributed by atoms with Crippen molar-refractivity contribution in [2.24, 2.45) is 0 Å². The summed E-state index contributed by atoms with van der Waals surface area (Å²) in [5, 5.41) is 15.0. The summed E-state index contributed by atoms with van der Waals surface area (Å²) in [6, 6.07) is 3.13. The molecule has 2 aliphatic heterocycles. The minimum absolute atomic E-state index is 0.0455. The lowest BCUT2D eigenvalue weighted by molar-refractivity contribution is -0.385. The first-order chi connectivity index (χ1) is 13.6. The molecule has 156 valence electrons. The molecule has 8 heteroatoms. The number of nitro groups is 1. The van der Waals surface area contributed by atoms with E-state index in [1.54, 1.807) is 6.07 Å². The van der Waals surface area contributed by atoms with Crippen molar-refractivity contribution in [1.82, 2.24) is 10.2 Å². The molecule has 0 unspecified atom stereocenters. The lowest BCUT2D eigenvalue weighted by Gasteiger charge is -2.48. The lowest BCUT2D eigenvalue weighted by atomic mass is 9.86. The van der Waals surface area contributed by atoms with Crippen molar-refractivity contribution in [1.29, 1.82) is 0 Å². The number of nitrogens with one attached hydrogen (secondary N) is 1. The summed E-state index contributed by atoms with van der Waals surface area (Å²) < 4.78 is 16.1. The van der Waals surface area contributed by atoms with Gasteiger partial charge in [0.15, 0.2) is 11.5 Å². The van der Waals surface area contributed by atoms with Crippen molar-refractivity contribution < 1.29 is 19.1 Å². The van der Waals surface area contributed by atoms with Gasteiger partial charge in [0.25, 0.3) is 5.69 Å². The summed E-state index contributed by atoms with van der Waals surface area (Å²) in [4.78, 5) is 13.8. The molecule has 0 bridgehead atoms. The monoisotopic (exact) mass is 393 g/mol. The third-order valence-corrected chi connectivity index (χ3v) is 6.00. The predicted octanol–water partition coefficient (Wildman–Crippen LogP) is 2.74. The van der Waals surface area contributed by atoms with Crippen LogP contribution in [-0.4, -0.2) is 62.4 Å². The van der Waals surface area contributed by atoms with E-state index in [1.165, 1.54) is 39.5 Å². The first-order valence-corrected chi connectivity index (χ1v) is 10.0. The van der Waals surface area contributed by atoms with E-state index < -0.39 is 0 Å². The average Bonchev–Trinajstić information content (AvgIpc) is 2.74.